The summed E-state index contributed by atoms with van der Waals surface area (Å²) in [6.07, 6.45) is 2.91. The van der Waals surface area contributed by atoms with E-state index in [9.17, 15) is 10.2 Å². The standard InChI is InChI=1S/C10H13BrO2/c11-7-2-1-4-8-5-3-6-9(12)10(8)13/h3,5-6,12-13H,1-2,4,7H2. The van der Waals surface area contributed by atoms with Crippen molar-refractivity contribution in [1.82, 2.24) is 0 Å². The van der Waals surface area contributed by atoms with E-state index < -0.39 is 0 Å². The van der Waals surface area contributed by atoms with Gasteiger partial charge in [0, 0.05) is 5.33 Å². The third-order valence-corrected chi connectivity index (χ3v) is 2.49. The van der Waals surface area contributed by atoms with Crippen molar-refractivity contribution in [2.24, 2.45) is 0 Å². The number of hydrogen-bond acceptors (Lipinski definition) is 2. The van der Waals surface area contributed by atoms with Crippen LogP contribution < -0.4 is 0 Å². The van der Waals surface area contributed by atoms with Crippen LogP contribution in [0.4, 0.5) is 0 Å². The smallest absolute Gasteiger partial charge is 0.160 e. The lowest BCUT2D eigenvalue weighted by atomic mass is 10.1. The molecule has 0 bridgehead atoms. The van der Waals surface area contributed by atoms with Crippen LogP contribution in [0.1, 0.15) is 18.4 Å². The average molecular weight is 245 g/mol. The zero-order valence-electron chi connectivity index (χ0n) is 7.33. The Bertz CT molecular complexity index is 274. The number of aromatic hydroxyl groups is 2. The molecule has 0 spiro atoms. The number of benzene rings is 1. The maximum atomic E-state index is 9.44. The number of alkyl halides is 1. The molecule has 0 saturated heterocycles. The van der Waals surface area contributed by atoms with Crippen molar-refractivity contribution in [3.63, 3.8) is 0 Å². The molecule has 0 heterocycles. The van der Waals surface area contributed by atoms with E-state index in [1.54, 1.807) is 6.07 Å². The van der Waals surface area contributed by atoms with E-state index in [0.717, 1.165) is 30.2 Å². The van der Waals surface area contributed by atoms with Crippen LogP contribution in [0.25, 0.3) is 0 Å². The fourth-order valence-corrected chi connectivity index (χ4v) is 1.59. The number of hydrogen-bond donors (Lipinski definition) is 2. The van der Waals surface area contributed by atoms with Crippen molar-refractivity contribution in [3.8, 4) is 11.5 Å². The molecule has 2 nitrogen and oxygen atoms in total. The quantitative estimate of drug-likeness (QED) is 0.486. The molecule has 0 unspecified atom stereocenters. The van der Waals surface area contributed by atoms with E-state index in [0.29, 0.717) is 0 Å². The maximum Gasteiger partial charge on any atom is 0.160 e. The Morgan fingerprint density at radius 2 is 1.92 bits per heavy atom. The fraction of sp³-hybridized carbons (Fsp3) is 0.400. The summed E-state index contributed by atoms with van der Waals surface area (Å²) in [7, 11) is 0. The second-order valence-corrected chi connectivity index (χ2v) is 3.72. The summed E-state index contributed by atoms with van der Waals surface area (Å²) in [5.74, 6) is -0.00610. The van der Waals surface area contributed by atoms with Crippen LogP contribution >= 0.6 is 15.9 Å². The molecule has 0 aliphatic rings. The molecule has 0 radical (unpaired) electrons. The molecule has 72 valence electrons. The number of unbranched alkanes of at least 4 members (excludes halogenated alkanes) is 1. The Balaban J connectivity index is 2.61. The molecule has 0 fully saturated rings. The van der Waals surface area contributed by atoms with E-state index in [4.69, 9.17) is 0 Å². The van der Waals surface area contributed by atoms with E-state index in [1.165, 1.54) is 6.07 Å². The van der Waals surface area contributed by atoms with Crippen LogP contribution in [0, 0.1) is 0 Å². The Kier molecular flexibility index (Phi) is 4.09. The third-order valence-electron chi connectivity index (χ3n) is 1.93. The van der Waals surface area contributed by atoms with Gasteiger partial charge in [0.25, 0.3) is 0 Å². The van der Waals surface area contributed by atoms with Crippen LogP contribution in [0.5, 0.6) is 11.5 Å². The maximum absolute atomic E-state index is 9.44. The van der Waals surface area contributed by atoms with Gasteiger partial charge >= 0.3 is 0 Å². The summed E-state index contributed by atoms with van der Waals surface area (Å²) in [6.45, 7) is 0. The van der Waals surface area contributed by atoms with E-state index in [2.05, 4.69) is 15.9 Å². The number of para-hydroxylation sites is 1. The SMILES string of the molecule is Oc1cccc(CCCCBr)c1O. The molecular weight excluding hydrogens is 232 g/mol. The topological polar surface area (TPSA) is 40.5 Å². The number of halogens is 1. The molecule has 1 aromatic carbocycles. The molecule has 2 N–H and O–H groups in total. The molecule has 0 saturated carbocycles. The largest absolute Gasteiger partial charge is 0.504 e. The van der Waals surface area contributed by atoms with Crippen molar-refractivity contribution in [2.75, 3.05) is 5.33 Å². The first kappa shape index (κ1) is 10.4. The highest BCUT2D eigenvalue weighted by Gasteiger charge is 2.04. The van der Waals surface area contributed by atoms with Gasteiger partial charge in [-0.3, -0.25) is 0 Å². The third kappa shape index (κ3) is 2.92. The van der Waals surface area contributed by atoms with Crippen molar-refractivity contribution in [3.05, 3.63) is 23.8 Å². The minimum absolute atomic E-state index is 0.0251. The number of phenolic OH excluding ortho intramolecular Hbond substituents is 2. The first-order valence-electron chi connectivity index (χ1n) is 4.31. The Morgan fingerprint density at radius 3 is 2.62 bits per heavy atom. The van der Waals surface area contributed by atoms with E-state index in [-0.39, 0.29) is 11.5 Å². The van der Waals surface area contributed by atoms with Gasteiger partial charge in [0.05, 0.1) is 0 Å². The molecule has 1 aromatic rings. The normalized spacial score (nSPS) is 10.2. The predicted molar refractivity (Wildman–Crippen MR) is 56.5 cm³/mol. The molecular formula is C10H13BrO2. The highest BCUT2D eigenvalue weighted by Crippen LogP contribution is 2.29. The van der Waals surface area contributed by atoms with Crippen LogP contribution in [0.15, 0.2) is 18.2 Å². The van der Waals surface area contributed by atoms with E-state index in [1.807, 2.05) is 6.07 Å². The Hall–Kier alpha value is -0.700. The molecule has 1 rings (SSSR count). The van der Waals surface area contributed by atoms with Gasteiger partial charge in [-0.1, -0.05) is 28.1 Å². The lowest BCUT2D eigenvalue weighted by Crippen LogP contribution is -1.87. The van der Waals surface area contributed by atoms with Gasteiger partial charge in [-0.15, -0.1) is 0 Å². The van der Waals surface area contributed by atoms with Crippen molar-refractivity contribution >= 4 is 15.9 Å². The first-order valence-corrected chi connectivity index (χ1v) is 5.43. The van der Waals surface area contributed by atoms with Crippen LogP contribution in [0.2, 0.25) is 0 Å². The van der Waals surface area contributed by atoms with Crippen molar-refractivity contribution in [2.45, 2.75) is 19.3 Å². The number of rotatable bonds is 4. The van der Waals surface area contributed by atoms with Gasteiger partial charge in [0.15, 0.2) is 11.5 Å². The van der Waals surface area contributed by atoms with Crippen molar-refractivity contribution in [1.29, 1.82) is 0 Å². The Labute approximate surface area is 86.3 Å². The molecule has 13 heavy (non-hydrogen) atoms. The second kappa shape index (κ2) is 5.12. The summed E-state index contributed by atoms with van der Waals surface area (Å²) >= 11 is 3.34. The zero-order valence-corrected chi connectivity index (χ0v) is 8.92. The highest BCUT2D eigenvalue weighted by molar-refractivity contribution is 9.09. The average Bonchev–Trinajstić information content (AvgIpc) is 2.13. The van der Waals surface area contributed by atoms with Gasteiger partial charge < -0.3 is 10.2 Å². The van der Waals surface area contributed by atoms with Gasteiger partial charge in [-0.2, -0.15) is 0 Å². The molecule has 0 aromatic heterocycles. The second-order valence-electron chi connectivity index (χ2n) is 2.93. The number of phenols is 2. The summed E-state index contributed by atoms with van der Waals surface area (Å²) < 4.78 is 0. The van der Waals surface area contributed by atoms with E-state index >= 15 is 0 Å². The summed E-state index contributed by atoms with van der Waals surface area (Å²) in [5.41, 5.74) is 0.820. The molecule has 0 aliphatic carbocycles. The highest BCUT2D eigenvalue weighted by atomic mass is 79.9. The first-order chi connectivity index (χ1) is 6.25. The minimum atomic E-state index is -0.0312. The summed E-state index contributed by atoms with van der Waals surface area (Å²) in [4.78, 5) is 0. The van der Waals surface area contributed by atoms with Crippen LogP contribution in [0.3, 0.4) is 0 Å². The molecule has 0 aliphatic heterocycles. The Morgan fingerprint density at radius 1 is 1.15 bits per heavy atom. The zero-order chi connectivity index (χ0) is 9.68. The summed E-state index contributed by atoms with van der Waals surface area (Å²) in [5, 5.41) is 19.6. The van der Waals surface area contributed by atoms with Gasteiger partial charge in [0.1, 0.15) is 0 Å². The van der Waals surface area contributed by atoms with Gasteiger partial charge in [-0.05, 0) is 30.9 Å². The fourth-order valence-electron chi connectivity index (χ4n) is 1.19. The molecule has 0 amide bonds. The predicted octanol–water partition coefficient (Wildman–Crippen LogP) is 2.82. The van der Waals surface area contributed by atoms with Gasteiger partial charge in [0.2, 0.25) is 0 Å². The minimum Gasteiger partial charge on any atom is -0.504 e. The molecule has 3 heteroatoms. The van der Waals surface area contributed by atoms with Crippen molar-refractivity contribution < 1.29 is 10.2 Å². The molecule has 0 atom stereocenters. The number of aryl methyl sites for hydroxylation is 1. The lowest BCUT2D eigenvalue weighted by molar-refractivity contribution is 0.399. The monoisotopic (exact) mass is 244 g/mol. The summed E-state index contributed by atoms with van der Waals surface area (Å²) in [6, 6.07) is 5.07. The van der Waals surface area contributed by atoms with Crippen LogP contribution in [-0.4, -0.2) is 15.5 Å². The van der Waals surface area contributed by atoms with Gasteiger partial charge in [-0.25, -0.2) is 0 Å². The lowest BCUT2D eigenvalue weighted by Gasteiger charge is -2.04. The van der Waals surface area contributed by atoms with Crippen LogP contribution in [-0.2, 0) is 6.42 Å².